The summed E-state index contributed by atoms with van der Waals surface area (Å²) in [6.07, 6.45) is 2.46. The first-order valence-corrected chi connectivity index (χ1v) is 6.34. The summed E-state index contributed by atoms with van der Waals surface area (Å²) in [6, 6.07) is 4.59. The molecule has 2 N–H and O–H groups in total. The van der Waals surface area contributed by atoms with E-state index in [9.17, 15) is 4.39 Å². The van der Waals surface area contributed by atoms with Crippen LogP contribution in [0.5, 0.6) is 5.75 Å². The first kappa shape index (κ1) is 11.5. The molecule has 1 unspecified atom stereocenters. The minimum Gasteiger partial charge on any atom is -0.488 e. The highest BCUT2D eigenvalue weighted by molar-refractivity contribution is 9.10. The predicted molar refractivity (Wildman–Crippen MR) is 68.9 cm³/mol. The van der Waals surface area contributed by atoms with Crippen LogP contribution in [0.1, 0.15) is 5.56 Å². The summed E-state index contributed by atoms with van der Waals surface area (Å²) in [5, 5.41) is 4.15. The van der Waals surface area contributed by atoms with Crippen molar-refractivity contribution in [1.29, 1.82) is 0 Å². The number of benzene rings is 1. The summed E-state index contributed by atoms with van der Waals surface area (Å²) in [5.41, 5.74) is 6.55. The van der Waals surface area contributed by atoms with Crippen LogP contribution in [0.2, 0.25) is 0 Å². The van der Waals surface area contributed by atoms with Crippen LogP contribution in [0, 0.1) is 5.82 Å². The van der Waals surface area contributed by atoms with Gasteiger partial charge in [0, 0.05) is 18.2 Å². The summed E-state index contributed by atoms with van der Waals surface area (Å²) in [4.78, 5) is 0. The lowest BCUT2D eigenvalue weighted by Crippen LogP contribution is -2.21. The number of halogens is 2. The lowest BCUT2D eigenvalue weighted by Gasteiger charge is -2.10. The molecule has 1 aliphatic heterocycles. The van der Waals surface area contributed by atoms with Crippen molar-refractivity contribution in [2.24, 2.45) is 0 Å². The van der Waals surface area contributed by atoms with Gasteiger partial charge in [-0.15, -0.1) is 0 Å². The molecule has 1 aliphatic rings. The van der Waals surface area contributed by atoms with Crippen molar-refractivity contribution < 1.29 is 9.13 Å². The Hall–Kier alpha value is -1.56. The molecule has 6 heteroatoms. The largest absolute Gasteiger partial charge is 0.488 e. The number of nitrogens with two attached hydrogens (primary N) is 1. The topological polar surface area (TPSA) is 53.1 Å². The van der Waals surface area contributed by atoms with Gasteiger partial charge in [-0.05, 0) is 34.1 Å². The molecule has 3 rings (SSSR count). The van der Waals surface area contributed by atoms with Crippen LogP contribution in [0.25, 0.3) is 0 Å². The normalized spacial score (nSPS) is 17.6. The van der Waals surface area contributed by atoms with Crippen LogP contribution in [0.4, 0.5) is 10.2 Å². The second-order valence-corrected chi connectivity index (χ2v) is 5.13. The molecule has 18 heavy (non-hydrogen) atoms. The number of hydrogen-bond donors (Lipinski definition) is 1. The molecular weight excluding hydrogens is 301 g/mol. The molecule has 0 spiro atoms. The first-order valence-electron chi connectivity index (χ1n) is 5.55. The van der Waals surface area contributed by atoms with Gasteiger partial charge in [0.1, 0.15) is 17.7 Å². The quantitative estimate of drug-likeness (QED) is 0.926. The molecule has 0 amide bonds. The number of ether oxygens (including phenoxy) is 1. The number of anilines is 1. The van der Waals surface area contributed by atoms with Gasteiger partial charge >= 0.3 is 0 Å². The summed E-state index contributed by atoms with van der Waals surface area (Å²) < 4.78 is 21.3. The second kappa shape index (κ2) is 4.28. The number of nitrogen functional groups attached to an aromatic ring is 1. The number of nitrogens with zero attached hydrogens (tertiary/aromatic N) is 2. The zero-order valence-corrected chi connectivity index (χ0v) is 11.0. The Bertz CT molecular complexity index is 580. The van der Waals surface area contributed by atoms with Crippen molar-refractivity contribution >= 4 is 21.7 Å². The van der Waals surface area contributed by atoms with Crippen molar-refractivity contribution in [3.05, 3.63) is 40.2 Å². The smallest absolute Gasteiger partial charge is 0.159 e. The average Bonchev–Trinajstić information content (AvgIpc) is 2.82. The Kier molecular flexibility index (Phi) is 2.74. The van der Waals surface area contributed by atoms with E-state index in [0.717, 1.165) is 15.8 Å². The van der Waals surface area contributed by atoms with E-state index in [1.165, 1.54) is 12.1 Å². The number of aromatic nitrogens is 2. The van der Waals surface area contributed by atoms with E-state index < -0.39 is 0 Å². The minimum absolute atomic E-state index is 0.0343. The van der Waals surface area contributed by atoms with Crippen LogP contribution in [-0.4, -0.2) is 15.9 Å². The Morgan fingerprint density at radius 3 is 3.11 bits per heavy atom. The van der Waals surface area contributed by atoms with Gasteiger partial charge in [0.15, 0.2) is 5.82 Å². The third-order valence-corrected chi connectivity index (χ3v) is 3.51. The van der Waals surface area contributed by atoms with Gasteiger partial charge < -0.3 is 10.5 Å². The SMILES string of the molecule is Nc1nn(CC2Cc3cc(F)ccc3O2)cc1Br. The van der Waals surface area contributed by atoms with E-state index >= 15 is 0 Å². The van der Waals surface area contributed by atoms with Gasteiger partial charge in [0.05, 0.1) is 11.0 Å². The number of rotatable bonds is 2. The second-order valence-electron chi connectivity index (χ2n) is 4.28. The zero-order valence-electron chi connectivity index (χ0n) is 9.44. The summed E-state index contributed by atoms with van der Waals surface area (Å²) in [7, 11) is 0. The maximum Gasteiger partial charge on any atom is 0.159 e. The molecule has 0 bridgehead atoms. The Morgan fingerprint density at radius 1 is 1.56 bits per heavy atom. The first-order chi connectivity index (χ1) is 8.61. The maximum atomic E-state index is 13.1. The van der Waals surface area contributed by atoms with Gasteiger partial charge in [-0.3, -0.25) is 4.68 Å². The molecule has 0 saturated heterocycles. The van der Waals surface area contributed by atoms with E-state index in [0.29, 0.717) is 18.8 Å². The van der Waals surface area contributed by atoms with Crippen molar-refractivity contribution in [3.63, 3.8) is 0 Å². The highest BCUT2D eigenvalue weighted by Gasteiger charge is 2.24. The summed E-state index contributed by atoms with van der Waals surface area (Å²) >= 11 is 3.30. The van der Waals surface area contributed by atoms with Gasteiger partial charge in [-0.1, -0.05) is 0 Å². The zero-order chi connectivity index (χ0) is 12.7. The van der Waals surface area contributed by atoms with E-state index in [-0.39, 0.29) is 11.9 Å². The van der Waals surface area contributed by atoms with E-state index in [4.69, 9.17) is 10.5 Å². The summed E-state index contributed by atoms with van der Waals surface area (Å²) in [5.74, 6) is 0.973. The minimum atomic E-state index is -0.232. The molecule has 1 aromatic carbocycles. The Balaban J connectivity index is 1.74. The predicted octanol–water partition coefficient (Wildman–Crippen LogP) is 2.37. The molecular formula is C12H11BrFN3O. The lowest BCUT2D eigenvalue weighted by atomic mass is 10.1. The van der Waals surface area contributed by atoms with Crippen LogP contribution < -0.4 is 10.5 Å². The summed E-state index contributed by atoms with van der Waals surface area (Å²) in [6.45, 7) is 0.589. The highest BCUT2D eigenvalue weighted by Crippen LogP contribution is 2.30. The van der Waals surface area contributed by atoms with Crippen LogP contribution >= 0.6 is 15.9 Å². The van der Waals surface area contributed by atoms with Crippen molar-refractivity contribution in [2.45, 2.75) is 19.1 Å². The fourth-order valence-corrected chi connectivity index (χ4v) is 2.42. The van der Waals surface area contributed by atoms with E-state index in [2.05, 4.69) is 21.0 Å². The van der Waals surface area contributed by atoms with Crippen molar-refractivity contribution in [1.82, 2.24) is 9.78 Å². The fourth-order valence-electron chi connectivity index (χ4n) is 2.10. The van der Waals surface area contributed by atoms with Crippen LogP contribution in [-0.2, 0) is 13.0 Å². The van der Waals surface area contributed by atoms with Gasteiger partial charge in [-0.2, -0.15) is 5.10 Å². The average molecular weight is 312 g/mol. The van der Waals surface area contributed by atoms with E-state index in [1.807, 2.05) is 6.20 Å². The van der Waals surface area contributed by atoms with Crippen LogP contribution in [0.3, 0.4) is 0 Å². The highest BCUT2D eigenvalue weighted by atomic mass is 79.9. The molecule has 0 radical (unpaired) electrons. The molecule has 4 nitrogen and oxygen atoms in total. The molecule has 0 fully saturated rings. The Morgan fingerprint density at radius 2 is 2.39 bits per heavy atom. The standard InChI is InChI=1S/C12H11BrFN3O/c13-10-6-17(16-12(10)15)5-9-4-7-3-8(14)1-2-11(7)18-9/h1-3,6,9H,4-5H2,(H2,15,16). The molecule has 94 valence electrons. The molecule has 1 aromatic heterocycles. The fraction of sp³-hybridized carbons (Fsp3) is 0.250. The van der Waals surface area contributed by atoms with Gasteiger partial charge in [0.2, 0.25) is 0 Å². The molecule has 1 atom stereocenters. The van der Waals surface area contributed by atoms with E-state index in [1.54, 1.807) is 10.7 Å². The van der Waals surface area contributed by atoms with Crippen molar-refractivity contribution in [3.8, 4) is 5.75 Å². The molecule has 2 heterocycles. The lowest BCUT2D eigenvalue weighted by molar-refractivity contribution is 0.203. The van der Waals surface area contributed by atoms with Gasteiger partial charge in [0.25, 0.3) is 0 Å². The maximum absolute atomic E-state index is 13.1. The number of hydrogen-bond acceptors (Lipinski definition) is 3. The van der Waals surface area contributed by atoms with Crippen molar-refractivity contribution in [2.75, 3.05) is 5.73 Å². The third kappa shape index (κ3) is 2.08. The monoisotopic (exact) mass is 311 g/mol. The molecule has 0 aliphatic carbocycles. The third-order valence-electron chi connectivity index (χ3n) is 2.90. The molecule has 2 aromatic rings. The molecule has 0 saturated carbocycles. The Labute approximate surface area is 112 Å². The van der Waals surface area contributed by atoms with Crippen LogP contribution in [0.15, 0.2) is 28.9 Å². The van der Waals surface area contributed by atoms with Gasteiger partial charge in [-0.25, -0.2) is 4.39 Å². The number of fused-ring (bicyclic) bond motifs is 1.